The summed E-state index contributed by atoms with van der Waals surface area (Å²) >= 11 is 5.94. The van der Waals surface area contributed by atoms with Crippen LogP contribution in [0.4, 0.5) is 18.9 Å². The van der Waals surface area contributed by atoms with Crippen molar-refractivity contribution in [3.63, 3.8) is 0 Å². The highest BCUT2D eigenvalue weighted by Gasteiger charge is 2.31. The SMILES string of the molecule is CNC1=C(Cl)CN(c2cccc(C(F)(F)F)c2)NC1=O. The number of alkyl halides is 3. The lowest BCUT2D eigenvalue weighted by molar-refractivity contribution is -0.137. The highest BCUT2D eigenvalue weighted by Crippen LogP contribution is 2.32. The fourth-order valence-electron chi connectivity index (χ4n) is 1.81. The van der Waals surface area contributed by atoms with Gasteiger partial charge >= 0.3 is 6.18 Å². The van der Waals surface area contributed by atoms with Crippen LogP contribution in [0.1, 0.15) is 5.56 Å². The summed E-state index contributed by atoms with van der Waals surface area (Å²) in [5.74, 6) is -0.499. The molecule has 0 bridgehead atoms. The van der Waals surface area contributed by atoms with Crippen LogP contribution in [0.2, 0.25) is 0 Å². The molecular weight excluding hydrogens is 295 g/mol. The number of amides is 1. The summed E-state index contributed by atoms with van der Waals surface area (Å²) in [6.45, 7) is 0.0881. The molecule has 0 radical (unpaired) electrons. The number of halogens is 4. The molecule has 0 spiro atoms. The number of hydrogen-bond acceptors (Lipinski definition) is 3. The molecule has 0 fully saturated rings. The first-order valence-electron chi connectivity index (χ1n) is 5.65. The molecule has 2 rings (SSSR count). The van der Waals surface area contributed by atoms with Crippen molar-refractivity contribution < 1.29 is 18.0 Å². The van der Waals surface area contributed by atoms with Gasteiger partial charge in [0.15, 0.2) is 0 Å². The van der Waals surface area contributed by atoms with Crippen LogP contribution in [0.25, 0.3) is 0 Å². The van der Waals surface area contributed by atoms with Gasteiger partial charge in [-0.2, -0.15) is 13.2 Å². The second-order valence-electron chi connectivity index (χ2n) is 4.11. The van der Waals surface area contributed by atoms with Gasteiger partial charge in [-0.15, -0.1) is 0 Å². The van der Waals surface area contributed by atoms with Crippen LogP contribution in [0.15, 0.2) is 35.0 Å². The van der Waals surface area contributed by atoms with Crippen LogP contribution in [0.3, 0.4) is 0 Å². The molecule has 8 heteroatoms. The van der Waals surface area contributed by atoms with Gasteiger partial charge in [-0.3, -0.25) is 15.2 Å². The van der Waals surface area contributed by atoms with E-state index in [0.29, 0.717) is 0 Å². The maximum absolute atomic E-state index is 12.7. The third-order valence-electron chi connectivity index (χ3n) is 2.77. The van der Waals surface area contributed by atoms with Gasteiger partial charge < -0.3 is 5.32 Å². The predicted octanol–water partition coefficient (Wildman–Crippen LogP) is 2.23. The first-order valence-corrected chi connectivity index (χ1v) is 6.03. The molecule has 20 heavy (non-hydrogen) atoms. The molecule has 0 aliphatic carbocycles. The summed E-state index contributed by atoms with van der Waals surface area (Å²) < 4.78 is 38.0. The average Bonchev–Trinajstić information content (AvgIpc) is 2.37. The number of hydrazine groups is 1. The predicted molar refractivity (Wildman–Crippen MR) is 68.9 cm³/mol. The molecule has 0 aromatic heterocycles. The van der Waals surface area contributed by atoms with Gasteiger partial charge in [-0.1, -0.05) is 17.7 Å². The van der Waals surface area contributed by atoms with E-state index >= 15 is 0 Å². The highest BCUT2D eigenvalue weighted by atomic mass is 35.5. The molecule has 1 aromatic carbocycles. The fraction of sp³-hybridized carbons (Fsp3) is 0.250. The molecular formula is C12H11ClF3N3O. The number of nitrogens with one attached hydrogen (secondary N) is 2. The Morgan fingerprint density at radius 1 is 1.40 bits per heavy atom. The number of carbonyl (C=O) groups excluding carboxylic acids is 1. The van der Waals surface area contributed by atoms with E-state index < -0.39 is 17.6 Å². The van der Waals surface area contributed by atoms with E-state index in [1.54, 1.807) is 0 Å². The van der Waals surface area contributed by atoms with Gasteiger partial charge in [0.2, 0.25) is 0 Å². The first-order chi connectivity index (χ1) is 9.32. The quantitative estimate of drug-likeness (QED) is 0.880. The number of hydrogen-bond donors (Lipinski definition) is 2. The summed E-state index contributed by atoms with van der Waals surface area (Å²) in [6.07, 6.45) is -4.44. The lowest BCUT2D eigenvalue weighted by Gasteiger charge is -2.30. The molecule has 0 unspecified atom stereocenters. The molecule has 2 N–H and O–H groups in total. The molecule has 1 amide bonds. The van der Waals surface area contributed by atoms with Gasteiger partial charge in [-0.25, -0.2) is 0 Å². The van der Waals surface area contributed by atoms with Crippen molar-refractivity contribution in [3.8, 4) is 0 Å². The Morgan fingerprint density at radius 2 is 2.10 bits per heavy atom. The van der Waals surface area contributed by atoms with Gasteiger partial charge in [0.25, 0.3) is 5.91 Å². The van der Waals surface area contributed by atoms with Crippen molar-refractivity contribution in [2.24, 2.45) is 0 Å². The summed E-state index contributed by atoms with van der Waals surface area (Å²) in [4.78, 5) is 11.7. The van der Waals surface area contributed by atoms with Crippen LogP contribution in [-0.2, 0) is 11.0 Å². The Labute approximate surface area is 118 Å². The van der Waals surface area contributed by atoms with Crippen molar-refractivity contribution in [1.82, 2.24) is 10.7 Å². The van der Waals surface area contributed by atoms with Crippen LogP contribution in [0, 0.1) is 0 Å². The van der Waals surface area contributed by atoms with Gasteiger partial charge in [0, 0.05) is 7.05 Å². The summed E-state index contributed by atoms with van der Waals surface area (Å²) in [5, 5.41) is 4.13. The third-order valence-corrected chi connectivity index (χ3v) is 3.08. The van der Waals surface area contributed by atoms with Gasteiger partial charge in [0.05, 0.1) is 22.8 Å². The maximum Gasteiger partial charge on any atom is 0.416 e. The monoisotopic (exact) mass is 305 g/mol. The molecule has 1 heterocycles. The smallest absolute Gasteiger partial charge is 0.383 e. The van der Waals surface area contributed by atoms with Gasteiger partial charge in [0.1, 0.15) is 5.70 Å². The minimum atomic E-state index is -4.44. The molecule has 0 saturated heterocycles. The zero-order valence-electron chi connectivity index (χ0n) is 10.4. The number of carbonyl (C=O) groups is 1. The fourth-order valence-corrected chi connectivity index (χ4v) is 2.11. The first kappa shape index (κ1) is 14.5. The second-order valence-corrected chi connectivity index (χ2v) is 4.56. The molecule has 0 saturated carbocycles. The van der Waals surface area contributed by atoms with Crippen molar-refractivity contribution in [2.75, 3.05) is 18.6 Å². The minimum Gasteiger partial charge on any atom is -0.383 e. The summed E-state index contributed by atoms with van der Waals surface area (Å²) in [6, 6.07) is 4.65. The number of nitrogens with zero attached hydrogens (tertiary/aromatic N) is 1. The summed E-state index contributed by atoms with van der Waals surface area (Å²) in [7, 11) is 1.54. The lowest BCUT2D eigenvalue weighted by atomic mass is 10.2. The van der Waals surface area contributed by atoms with Crippen LogP contribution in [0.5, 0.6) is 0 Å². The maximum atomic E-state index is 12.7. The molecule has 1 aromatic rings. The standard InChI is InChI=1S/C12H11ClF3N3O/c1-17-10-9(13)6-19(18-11(10)20)8-4-2-3-7(5-8)12(14,15)16/h2-5,17H,6H2,1H3,(H,18,20). The van der Waals surface area contributed by atoms with Crippen molar-refractivity contribution in [3.05, 3.63) is 40.6 Å². The molecule has 108 valence electrons. The van der Waals surface area contributed by atoms with E-state index in [9.17, 15) is 18.0 Å². The van der Waals surface area contributed by atoms with E-state index in [1.165, 1.54) is 24.2 Å². The van der Waals surface area contributed by atoms with Crippen LogP contribution in [-0.4, -0.2) is 19.5 Å². The number of benzene rings is 1. The number of rotatable bonds is 2. The zero-order valence-corrected chi connectivity index (χ0v) is 11.1. The van der Waals surface area contributed by atoms with Crippen molar-refractivity contribution >= 4 is 23.2 Å². The summed E-state index contributed by atoms with van der Waals surface area (Å²) in [5.41, 5.74) is 2.09. The Morgan fingerprint density at radius 3 is 2.65 bits per heavy atom. The van der Waals surface area contributed by atoms with E-state index in [2.05, 4.69) is 10.7 Å². The average molecular weight is 306 g/mol. The molecule has 1 aliphatic rings. The number of likely N-dealkylation sites (N-methyl/N-ethyl adjacent to an activating group) is 1. The molecule has 1 aliphatic heterocycles. The lowest BCUT2D eigenvalue weighted by Crippen LogP contribution is -2.50. The Balaban J connectivity index is 2.31. The topological polar surface area (TPSA) is 44.4 Å². The minimum absolute atomic E-state index is 0.0881. The molecule has 0 atom stereocenters. The van der Waals surface area contributed by atoms with Crippen molar-refractivity contribution in [1.29, 1.82) is 0 Å². The van der Waals surface area contributed by atoms with Crippen molar-refractivity contribution in [2.45, 2.75) is 6.18 Å². The van der Waals surface area contributed by atoms with E-state index in [4.69, 9.17) is 11.6 Å². The second kappa shape index (κ2) is 5.24. The number of anilines is 1. The van der Waals surface area contributed by atoms with E-state index in [1.807, 2.05) is 0 Å². The Kier molecular flexibility index (Phi) is 3.80. The third kappa shape index (κ3) is 2.82. The Bertz CT molecular complexity index is 571. The largest absolute Gasteiger partial charge is 0.416 e. The zero-order chi connectivity index (χ0) is 14.9. The normalized spacial score (nSPS) is 16.2. The molecule has 4 nitrogen and oxygen atoms in total. The van der Waals surface area contributed by atoms with E-state index in [-0.39, 0.29) is 23.0 Å². The van der Waals surface area contributed by atoms with Gasteiger partial charge in [-0.05, 0) is 18.2 Å². The van der Waals surface area contributed by atoms with E-state index in [0.717, 1.165) is 12.1 Å². The van der Waals surface area contributed by atoms with Crippen LogP contribution < -0.4 is 15.8 Å². The Hall–Kier alpha value is -1.89. The van der Waals surface area contributed by atoms with Crippen LogP contribution >= 0.6 is 11.6 Å². The highest BCUT2D eigenvalue weighted by molar-refractivity contribution is 6.32.